The number of ketones is 1. The molecule has 0 fully saturated rings. The molecule has 0 unspecified atom stereocenters. The van der Waals surface area contributed by atoms with Gasteiger partial charge in [-0.05, 0) is 17.7 Å². The van der Waals surface area contributed by atoms with Crippen LogP contribution in [0, 0.1) is 0 Å². The molecule has 0 aromatic heterocycles. The van der Waals surface area contributed by atoms with Gasteiger partial charge in [-0.1, -0.05) is 12.1 Å². The van der Waals surface area contributed by atoms with Gasteiger partial charge >= 0.3 is 0 Å². The van der Waals surface area contributed by atoms with Crippen LogP contribution in [-0.2, 0) is 20.7 Å². The summed E-state index contributed by atoms with van der Waals surface area (Å²) in [6.07, 6.45) is -0.659. The second-order valence-corrected chi connectivity index (χ2v) is 3.12. The van der Waals surface area contributed by atoms with Gasteiger partial charge in [0.25, 0.3) is 0 Å². The summed E-state index contributed by atoms with van der Waals surface area (Å²) < 4.78 is 9.66. The topological polar surface area (TPSA) is 55.8 Å². The van der Waals surface area contributed by atoms with Gasteiger partial charge in [0.05, 0.1) is 0 Å². The first-order chi connectivity index (χ1) is 7.17. The molecule has 0 spiro atoms. The fraction of sp³-hybridized carbons (Fsp3) is 0.364. The Kier molecular flexibility index (Phi) is 4.27. The number of Topliss-reactive ketones (excluding diaryl/α,β-unsaturated/α-hetero) is 1. The van der Waals surface area contributed by atoms with Crippen molar-refractivity contribution in [2.75, 3.05) is 14.2 Å². The van der Waals surface area contributed by atoms with Crippen LogP contribution in [0.2, 0.25) is 0 Å². The molecule has 0 radical (unpaired) electrons. The summed E-state index contributed by atoms with van der Waals surface area (Å²) in [7, 11) is 2.82. The Labute approximate surface area is 88.4 Å². The number of hydrogen-bond acceptors (Lipinski definition) is 4. The lowest BCUT2D eigenvalue weighted by atomic mass is 10.1. The van der Waals surface area contributed by atoms with Gasteiger partial charge in [0.15, 0.2) is 5.78 Å². The molecule has 4 nitrogen and oxygen atoms in total. The molecular weight excluding hydrogens is 196 g/mol. The zero-order valence-electron chi connectivity index (χ0n) is 8.77. The number of ether oxygens (including phenoxy) is 2. The monoisotopic (exact) mass is 210 g/mol. The molecule has 0 heterocycles. The second-order valence-electron chi connectivity index (χ2n) is 3.12. The molecule has 0 bridgehead atoms. The van der Waals surface area contributed by atoms with E-state index in [1.807, 2.05) is 0 Å². The average molecular weight is 210 g/mol. The predicted octanol–water partition coefficient (Wildman–Crippen LogP) is 1.12. The smallest absolute Gasteiger partial charge is 0.217 e. The number of aromatic hydroxyl groups is 1. The van der Waals surface area contributed by atoms with Gasteiger partial charge in [0.2, 0.25) is 6.29 Å². The van der Waals surface area contributed by atoms with Crippen LogP contribution in [-0.4, -0.2) is 31.4 Å². The quantitative estimate of drug-likeness (QED) is 0.740. The molecule has 82 valence electrons. The number of benzene rings is 1. The molecule has 0 atom stereocenters. The molecule has 0 aliphatic carbocycles. The molecule has 0 aliphatic heterocycles. The van der Waals surface area contributed by atoms with E-state index in [1.54, 1.807) is 24.3 Å². The molecule has 4 heteroatoms. The maximum absolute atomic E-state index is 11.6. The van der Waals surface area contributed by atoms with Gasteiger partial charge in [-0.15, -0.1) is 0 Å². The number of phenols is 1. The maximum atomic E-state index is 11.6. The standard InChI is InChI=1S/C11H14O4/c1-14-11(15-2)10(13)7-8-4-3-5-9(12)6-8/h3-6,11-12H,7H2,1-2H3. The molecule has 0 amide bonds. The van der Waals surface area contributed by atoms with Crippen LogP contribution in [0.3, 0.4) is 0 Å². The van der Waals surface area contributed by atoms with Crippen molar-refractivity contribution in [3.05, 3.63) is 29.8 Å². The molecule has 1 N–H and O–H groups in total. The summed E-state index contributed by atoms with van der Waals surface area (Å²) in [5.74, 6) is -0.0303. The van der Waals surface area contributed by atoms with Crippen molar-refractivity contribution >= 4 is 5.78 Å². The molecule has 15 heavy (non-hydrogen) atoms. The third-order valence-electron chi connectivity index (χ3n) is 1.98. The summed E-state index contributed by atoms with van der Waals surface area (Å²) >= 11 is 0. The average Bonchev–Trinajstić information content (AvgIpc) is 2.19. The molecule has 1 aromatic carbocycles. The first-order valence-electron chi connectivity index (χ1n) is 4.53. The fourth-order valence-corrected chi connectivity index (χ4v) is 1.31. The van der Waals surface area contributed by atoms with Crippen molar-refractivity contribution in [3.63, 3.8) is 0 Å². The van der Waals surface area contributed by atoms with Crippen LogP contribution in [0.5, 0.6) is 5.75 Å². The second kappa shape index (κ2) is 5.48. The largest absolute Gasteiger partial charge is 0.508 e. The van der Waals surface area contributed by atoms with E-state index in [9.17, 15) is 9.90 Å². The van der Waals surface area contributed by atoms with E-state index < -0.39 is 6.29 Å². The van der Waals surface area contributed by atoms with Crippen molar-refractivity contribution in [1.82, 2.24) is 0 Å². The van der Waals surface area contributed by atoms with Crippen molar-refractivity contribution in [2.45, 2.75) is 12.7 Å². The van der Waals surface area contributed by atoms with Gasteiger partial charge in [-0.2, -0.15) is 0 Å². The summed E-state index contributed by atoms with van der Waals surface area (Å²) in [5.41, 5.74) is 0.735. The zero-order chi connectivity index (χ0) is 11.3. The highest BCUT2D eigenvalue weighted by molar-refractivity contribution is 5.84. The van der Waals surface area contributed by atoms with Crippen molar-refractivity contribution in [2.24, 2.45) is 0 Å². The summed E-state index contributed by atoms with van der Waals surface area (Å²) in [6, 6.07) is 6.55. The van der Waals surface area contributed by atoms with E-state index in [4.69, 9.17) is 9.47 Å². The number of carbonyl (C=O) groups is 1. The number of phenolic OH excluding ortho intramolecular Hbond substituents is 1. The van der Waals surface area contributed by atoms with Gasteiger partial charge < -0.3 is 14.6 Å². The number of rotatable bonds is 5. The number of methoxy groups -OCH3 is 2. The molecule has 0 saturated carbocycles. The lowest BCUT2D eigenvalue weighted by Gasteiger charge is -2.11. The summed E-state index contributed by atoms with van der Waals surface area (Å²) in [6.45, 7) is 0. The minimum atomic E-state index is -0.840. The van der Waals surface area contributed by atoms with Gasteiger partial charge in [-0.3, -0.25) is 4.79 Å². The third-order valence-corrected chi connectivity index (χ3v) is 1.98. The normalized spacial score (nSPS) is 10.6. The van der Waals surface area contributed by atoms with Gasteiger partial charge in [0, 0.05) is 20.6 Å². The Balaban J connectivity index is 2.65. The Morgan fingerprint density at radius 1 is 1.40 bits per heavy atom. The van der Waals surface area contributed by atoms with E-state index in [2.05, 4.69) is 0 Å². The molecule has 1 rings (SSSR count). The van der Waals surface area contributed by atoms with Gasteiger partial charge in [-0.25, -0.2) is 0 Å². The Hall–Kier alpha value is -1.39. The van der Waals surface area contributed by atoms with E-state index in [-0.39, 0.29) is 18.0 Å². The molecule has 0 aliphatic rings. The van der Waals surface area contributed by atoms with Crippen molar-refractivity contribution in [1.29, 1.82) is 0 Å². The van der Waals surface area contributed by atoms with E-state index >= 15 is 0 Å². The van der Waals surface area contributed by atoms with Crippen LogP contribution in [0.15, 0.2) is 24.3 Å². The number of carbonyl (C=O) groups excluding carboxylic acids is 1. The first kappa shape index (κ1) is 11.7. The highest BCUT2D eigenvalue weighted by Gasteiger charge is 2.16. The minimum Gasteiger partial charge on any atom is -0.508 e. The predicted molar refractivity (Wildman–Crippen MR) is 54.6 cm³/mol. The molecule has 1 aromatic rings. The Morgan fingerprint density at radius 3 is 2.60 bits per heavy atom. The summed E-state index contributed by atoms with van der Waals surface area (Å²) in [4.78, 5) is 11.6. The minimum absolute atomic E-state index is 0.145. The van der Waals surface area contributed by atoms with Gasteiger partial charge in [0.1, 0.15) is 5.75 Å². The highest BCUT2D eigenvalue weighted by atomic mass is 16.7. The van der Waals surface area contributed by atoms with Crippen LogP contribution in [0.25, 0.3) is 0 Å². The van der Waals surface area contributed by atoms with Crippen molar-refractivity contribution < 1.29 is 19.4 Å². The first-order valence-corrected chi connectivity index (χ1v) is 4.53. The third kappa shape index (κ3) is 3.34. The summed E-state index contributed by atoms with van der Waals surface area (Å²) in [5, 5.41) is 9.21. The van der Waals surface area contributed by atoms with E-state index in [1.165, 1.54) is 14.2 Å². The van der Waals surface area contributed by atoms with Crippen molar-refractivity contribution in [3.8, 4) is 5.75 Å². The van der Waals surface area contributed by atoms with Crippen LogP contribution >= 0.6 is 0 Å². The molecular formula is C11H14O4. The number of hydrogen-bond donors (Lipinski definition) is 1. The van der Waals surface area contributed by atoms with E-state index in [0.717, 1.165) is 5.56 Å². The fourth-order valence-electron chi connectivity index (χ4n) is 1.31. The maximum Gasteiger partial charge on any atom is 0.217 e. The Morgan fingerprint density at radius 2 is 2.07 bits per heavy atom. The molecule has 0 saturated heterocycles. The Bertz CT molecular complexity index is 331. The lowest BCUT2D eigenvalue weighted by Crippen LogP contribution is -2.26. The SMILES string of the molecule is COC(OC)C(=O)Cc1cccc(O)c1. The van der Waals surface area contributed by atoms with E-state index in [0.29, 0.717) is 0 Å². The van der Waals surface area contributed by atoms with Crippen LogP contribution < -0.4 is 0 Å². The highest BCUT2D eigenvalue weighted by Crippen LogP contribution is 2.12. The van der Waals surface area contributed by atoms with Crippen LogP contribution in [0.1, 0.15) is 5.56 Å². The zero-order valence-corrected chi connectivity index (χ0v) is 8.77. The lowest BCUT2D eigenvalue weighted by molar-refractivity contribution is -0.155. The van der Waals surface area contributed by atoms with Crippen LogP contribution in [0.4, 0.5) is 0 Å².